The van der Waals surface area contributed by atoms with Crippen molar-refractivity contribution >= 4 is 17.2 Å². The first kappa shape index (κ1) is 19.7. The third-order valence-corrected chi connectivity index (χ3v) is 6.41. The number of hydrogen-bond acceptors (Lipinski definition) is 7. The maximum absolute atomic E-state index is 12.6. The second-order valence-electron chi connectivity index (χ2n) is 7.41. The summed E-state index contributed by atoms with van der Waals surface area (Å²) in [7, 11) is 1.82. The second-order valence-corrected chi connectivity index (χ2v) is 8.35. The summed E-state index contributed by atoms with van der Waals surface area (Å²) in [5.41, 5.74) is 5.66. The molecule has 0 bridgehead atoms. The van der Waals surface area contributed by atoms with Crippen molar-refractivity contribution in [1.82, 2.24) is 35.0 Å². The lowest BCUT2D eigenvalue weighted by Gasteiger charge is -2.28. The zero-order chi connectivity index (χ0) is 20.2. The van der Waals surface area contributed by atoms with Crippen LogP contribution >= 0.6 is 11.3 Å². The summed E-state index contributed by atoms with van der Waals surface area (Å²) in [4.78, 5) is 22.2. The molecule has 1 aliphatic rings. The molecule has 0 N–H and O–H groups in total. The Morgan fingerprint density at radius 1 is 1.28 bits per heavy atom. The van der Waals surface area contributed by atoms with Gasteiger partial charge in [0, 0.05) is 38.0 Å². The molecule has 0 radical (unpaired) electrons. The quantitative estimate of drug-likeness (QED) is 0.589. The standard InChI is InChI=1S/C20H25N7OS/c1-15-18(29-14-21-15)8-9-25(2)20(28)13-27-19(22-23-24-27)12-26-10-7-16-5-3-4-6-17(16)11-26/h3-6,14H,7-13H2,1-2H3. The third kappa shape index (κ3) is 4.68. The lowest BCUT2D eigenvalue weighted by atomic mass is 10.00. The van der Waals surface area contributed by atoms with Crippen LogP contribution in [0.25, 0.3) is 0 Å². The number of carbonyl (C=O) groups excluding carboxylic acids is 1. The molecule has 0 spiro atoms. The average molecular weight is 412 g/mol. The normalized spacial score (nSPS) is 14.0. The molecule has 0 saturated carbocycles. The van der Waals surface area contributed by atoms with Gasteiger partial charge in [0.15, 0.2) is 5.82 Å². The van der Waals surface area contributed by atoms with Gasteiger partial charge in [0.25, 0.3) is 0 Å². The van der Waals surface area contributed by atoms with Gasteiger partial charge in [-0.15, -0.1) is 16.4 Å². The van der Waals surface area contributed by atoms with E-state index in [0.717, 1.165) is 37.4 Å². The minimum atomic E-state index is 0.00436. The van der Waals surface area contributed by atoms with E-state index >= 15 is 0 Å². The van der Waals surface area contributed by atoms with Crippen molar-refractivity contribution < 1.29 is 4.79 Å². The van der Waals surface area contributed by atoms with Gasteiger partial charge in [0.05, 0.1) is 17.7 Å². The number of benzene rings is 1. The molecular weight excluding hydrogens is 386 g/mol. The maximum Gasteiger partial charge on any atom is 0.244 e. The van der Waals surface area contributed by atoms with E-state index in [-0.39, 0.29) is 12.5 Å². The fraction of sp³-hybridized carbons (Fsp3) is 0.450. The summed E-state index contributed by atoms with van der Waals surface area (Å²) in [6.45, 7) is 5.29. The number of aryl methyl sites for hydroxylation is 1. The molecule has 8 nitrogen and oxygen atoms in total. The Morgan fingerprint density at radius 3 is 2.90 bits per heavy atom. The first-order chi connectivity index (χ1) is 14.1. The van der Waals surface area contributed by atoms with Gasteiger partial charge in [-0.3, -0.25) is 9.69 Å². The Bertz CT molecular complexity index is 983. The van der Waals surface area contributed by atoms with Crippen LogP contribution in [-0.2, 0) is 37.3 Å². The zero-order valence-corrected chi connectivity index (χ0v) is 17.6. The molecule has 3 aromatic rings. The van der Waals surface area contributed by atoms with E-state index in [1.54, 1.807) is 20.9 Å². The predicted molar refractivity (Wildman–Crippen MR) is 110 cm³/mol. The summed E-state index contributed by atoms with van der Waals surface area (Å²) in [6.07, 6.45) is 1.84. The summed E-state index contributed by atoms with van der Waals surface area (Å²) in [5.74, 6) is 0.731. The van der Waals surface area contributed by atoms with Crippen LogP contribution in [0, 0.1) is 6.92 Å². The molecule has 1 amide bonds. The number of fused-ring (bicyclic) bond motifs is 1. The van der Waals surface area contributed by atoms with E-state index in [4.69, 9.17) is 0 Å². The number of likely N-dealkylation sites (N-methyl/N-ethyl adjacent to an activating group) is 1. The highest BCUT2D eigenvalue weighted by molar-refractivity contribution is 7.09. The highest BCUT2D eigenvalue weighted by Gasteiger charge is 2.20. The molecule has 9 heteroatoms. The number of carbonyl (C=O) groups is 1. The number of amides is 1. The van der Waals surface area contributed by atoms with Gasteiger partial charge < -0.3 is 4.90 Å². The Morgan fingerprint density at radius 2 is 2.10 bits per heavy atom. The first-order valence-corrected chi connectivity index (χ1v) is 10.6. The molecule has 1 aromatic carbocycles. The number of aromatic nitrogens is 5. The average Bonchev–Trinajstić information content (AvgIpc) is 3.34. The highest BCUT2D eigenvalue weighted by Crippen LogP contribution is 2.19. The van der Waals surface area contributed by atoms with Gasteiger partial charge in [-0.1, -0.05) is 24.3 Å². The Labute approximate surface area is 174 Å². The number of tetrazole rings is 1. The molecule has 2 aromatic heterocycles. The number of rotatable bonds is 7. The maximum atomic E-state index is 12.6. The summed E-state index contributed by atoms with van der Waals surface area (Å²) < 4.78 is 1.62. The van der Waals surface area contributed by atoms with Crippen LogP contribution < -0.4 is 0 Å². The molecule has 0 saturated heterocycles. The molecule has 1 aliphatic heterocycles. The van der Waals surface area contributed by atoms with Gasteiger partial charge >= 0.3 is 0 Å². The van der Waals surface area contributed by atoms with Gasteiger partial charge in [0.2, 0.25) is 5.91 Å². The molecule has 0 aliphatic carbocycles. The number of hydrogen-bond donors (Lipinski definition) is 0. The van der Waals surface area contributed by atoms with E-state index < -0.39 is 0 Å². The van der Waals surface area contributed by atoms with E-state index in [9.17, 15) is 4.79 Å². The largest absolute Gasteiger partial charge is 0.344 e. The number of nitrogens with zero attached hydrogens (tertiary/aromatic N) is 7. The molecule has 152 valence electrons. The van der Waals surface area contributed by atoms with Crippen molar-refractivity contribution in [3.05, 3.63) is 57.3 Å². The first-order valence-electron chi connectivity index (χ1n) is 9.77. The molecule has 3 heterocycles. The van der Waals surface area contributed by atoms with Crippen molar-refractivity contribution in [3.8, 4) is 0 Å². The Hall–Kier alpha value is -2.65. The second kappa shape index (κ2) is 8.79. The zero-order valence-electron chi connectivity index (χ0n) is 16.8. The van der Waals surface area contributed by atoms with Crippen LogP contribution in [0.15, 0.2) is 29.8 Å². The topological polar surface area (TPSA) is 80.0 Å². The van der Waals surface area contributed by atoms with E-state index in [2.05, 4.69) is 49.7 Å². The van der Waals surface area contributed by atoms with Crippen LogP contribution in [0.4, 0.5) is 0 Å². The van der Waals surface area contributed by atoms with Gasteiger partial charge in [-0.25, -0.2) is 9.67 Å². The molecule has 4 rings (SSSR count). The van der Waals surface area contributed by atoms with E-state index in [0.29, 0.717) is 13.1 Å². The third-order valence-electron chi connectivity index (χ3n) is 5.41. The smallest absolute Gasteiger partial charge is 0.244 e. The van der Waals surface area contributed by atoms with Crippen LogP contribution in [-0.4, -0.2) is 61.0 Å². The minimum Gasteiger partial charge on any atom is -0.344 e. The lowest BCUT2D eigenvalue weighted by Crippen LogP contribution is -2.34. The van der Waals surface area contributed by atoms with E-state index in [1.807, 2.05) is 19.5 Å². The monoisotopic (exact) mass is 411 g/mol. The highest BCUT2D eigenvalue weighted by atomic mass is 32.1. The Kier molecular flexibility index (Phi) is 5.96. The minimum absolute atomic E-state index is 0.00436. The van der Waals surface area contributed by atoms with E-state index in [1.165, 1.54) is 16.0 Å². The van der Waals surface area contributed by atoms with Crippen molar-refractivity contribution in [2.75, 3.05) is 20.1 Å². The van der Waals surface area contributed by atoms with Crippen molar-refractivity contribution in [2.24, 2.45) is 0 Å². The fourth-order valence-electron chi connectivity index (χ4n) is 3.56. The Balaban J connectivity index is 1.33. The summed E-state index contributed by atoms with van der Waals surface area (Å²) in [5, 5.41) is 12.0. The fourth-order valence-corrected chi connectivity index (χ4v) is 4.33. The van der Waals surface area contributed by atoms with Gasteiger partial charge in [-0.2, -0.15) is 0 Å². The molecule has 0 atom stereocenters. The molecule has 29 heavy (non-hydrogen) atoms. The lowest BCUT2D eigenvalue weighted by molar-refractivity contribution is -0.130. The van der Waals surface area contributed by atoms with Gasteiger partial charge in [0.1, 0.15) is 6.54 Å². The molecular formula is C20H25N7OS. The van der Waals surface area contributed by atoms with Crippen LogP contribution in [0.3, 0.4) is 0 Å². The molecule has 0 unspecified atom stereocenters. The van der Waals surface area contributed by atoms with Crippen molar-refractivity contribution in [1.29, 1.82) is 0 Å². The van der Waals surface area contributed by atoms with Crippen molar-refractivity contribution in [2.45, 2.75) is 39.4 Å². The van der Waals surface area contributed by atoms with Gasteiger partial charge in [-0.05, 0) is 34.9 Å². The van der Waals surface area contributed by atoms with Crippen LogP contribution in [0.5, 0.6) is 0 Å². The molecule has 0 fully saturated rings. The summed E-state index contributed by atoms with van der Waals surface area (Å²) >= 11 is 1.63. The summed E-state index contributed by atoms with van der Waals surface area (Å²) in [6, 6.07) is 8.54. The predicted octanol–water partition coefficient (Wildman–Crippen LogP) is 1.70. The van der Waals surface area contributed by atoms with Crippen LogP contribution in [0.1, 0.15) is 27.5 Å². The van der Waals surface area contributed by atoms with Crippen molar-refractivity contribution in [3.63, 3.8) is 0 Å². The SMILES string of the molecule is Cc1ncsc1CCN(C)C(=O)Cn1nnnc1CN1CCc2ccccc2C1. The van der Waals surface area contributed by atoms with Crippen LogP contribution in [0.2, 0.25) is 0 Å². The number of thiazole rings is 1.